The van der Waals surface area contributed by atoms with Crippen LogP contribution in [0.4, 0.5) is 0 Å². The van der Waals surface area contributed by atoms with Crippen molar-refractivity contribution in [3.05, 3.63) is 11.7 Å². The molecule has 2 aliphatic rings. The third kappa shape index (κ3) is 4.18. The van der Waals surface area contributed by atoms with Gasteiger partial charge in [0.2, 0.25) is 5.89 Å². The molecule has 0 spiro atoms. The zero-order valence-electron chi connectivity index (χ0n) is 12.6. The molecule has 1 unspecified atom stereocenters. The molecule has 21 heavy (non-hydrogen) atoms. The molecule has 2 fully saturated rings. The molecule has 0 aliphatic carbocycles. The monoisotopic (exact) mass is 312 g/mol. The van der Waals surface area contributed by atoms with Crippen LogP contribution in [0.1, 0.15) is 30.6 Å². The second kappa shape index (κ2) is 7.58. The number of ether oxygens (including phenoxy) is 1. The Morgan fingerprint density at radius 1 is 1.43 bits per heavy atom. The van der Waals surface area contributed by atoms with Gasteiger partial charge < -0.3 is 14.6 Å². The zero-order valence-corrected chi connectivity index (χ0v) is 13.4. The first kappa shape index (κ1) is 15.3. The molecule has 2 saturated heterocycles. The summed E-state index contributed by atoms with van der Waals surface area (Å²) in [6.45, 7) is 3.86. The van der Waals surface area contributed by atoms with Gasteiger partial charge in [-0.2, -0.15) is 16.7 Å². The fraction of sp³-hybridized carbons (Fsp3) is 0.857. The number of aromatic nitrogens is 2. The van der Waals surface area contributed by atoms with E-state index in [1.807, 2.05) is 11.8 Å². The Morgan fingerprint density at radius 2 is 2.29 bits per heavy atom. The third-order valence-electron chi connectivity index (χ3n) is 4.13. The van der Waals surface area contributed by atoms with Crippen molar-refractivity contribution in [2.24, 2.45) is 0 Å². The van der Waals surface area contributed by atoms with Crippen molar-refractivity contribution in [1.82, 2.24) is 20.4 Å². The molecule has 1 atom stereocenters. The van der Waals surface area contributed by atoms with Crippen molar-refractivity contribution in [2.45, 2.75) is 31.4 Å². The Labute approximate surface area is 130 Å². The second-order valence-corrected chi connectivity index (χ2v) is 6.84. The van der Waals surface area contributed by atoms with Crippen LogP contribution in [0.15, 0.2) is 4.52 Å². The molecule has 0 bridgehead atoms. The van der Waals surface area contributed by atoms with Crippen molar-refractivity contribution in [1.29, 1.82) is 0 Å². The standard InChI is InChI=1S/C14H24N4O2S/c1-18-7-9-21-10-12(18)14-16-13(20-17-14)4-8-19-11-2-5-15-6-3-11/h11-12,15H,2-10H2,1H3. The highest BCUT2D eigenvalue weighted by Gasteiger charge is 2.25. The molecule has 2 aliphatic heterocycles. The van der Waals surface area contributed by atoms with E-state index in [4.69, 9.17) is 9.26 Å². The van der Waals surface area contributed by atoms with Gasteiger partial charge in [-0.15, -0.1) is 0 Å². The lowest BCUT2D eigenvalue weighted by Crippen LogP contribution is -2.33. The average Bonchev–Trinajstić information content (AvgIpc) is 2.97. The Morgan fingerprint density at radius 3 is 3.10 bits per heavy atom. The molecule has 0 radical (unpaired) electrons. The molecule has 1 aromatic heterocycles. The first-order valence-corrected chi connectivity index (χ1v) is 8.91. The molecule has 0 amide bonds. The molecular formula is C14H24N4O2S. The summed E-state index contributed by atoms with van der Waals surface area (Å²) in [6.07, 6.45) is 3.29. The van der Waals surface area contributed by atoms with Gasteiger partial charge in [0.1, 0.15) is 0 Å². The number of nitrogens with one attached hydrogen (secondary N) is 1. The molecule has 0 aromatic carbocycles. The van der Waals surface area contributed by atoms with E-state index in [0.29, 0.717) is 25.0 Å². The average molecular weight is 312 g/mol. The normalized spacial score (nSPS) is 25.3. The molecule has 118 valence electrons. The number of thioether (sulfide) groups is 1. The Hall–Kier alpha value is -0.630. The molecule has 3 heterocycles. The van der Waals surface area contributed by atoms with Crippen molar-refractivity contribution >= 4 is 11.8 Å². The highest BCUT2D eigenvalue weighted by molar-refractivity contribution is 7.99. The second-order valence-electron chi connectivity index (χ2n) is 5.69. The fourth-order valence-corrected chi connectivity index (χ4v) is 3.95. The summed E-state index contributed by atoms with van der Waals surface area (Å²) in [5.74, 6) is 3.74. The maximum atomic E-state index is 5.88. The lowest BCUT2D eigenvalue weighted by atomic mass is 10.1. The molecule has 1 N–H and O–H groups in total. The summed E-state index contributed by atoms with van der Waals surface area (Å²) in [6, 6.07) is 0.284. The molecule has 6 nitrogen and oxygen atoms in total. The van der Waals surface area contributed by atoms with Gasteiger partial charge in [-0.25, -0.2) is 0 Å². The predicted molar refractivity (Wildman–Crippen MR) is 82.5 cm³/mol. The van der Waals surface area contributed by atoms with Gasteiger partial charge in [0.15, 0.2) is 5.82 Å². The van der Waals surface area contributed by atoms with Gasteiger partial charge in [-0.05, 0) is 33.0 Å². The highest BCUT2D eigenvalue weighted by atomic mass is 32.2. The summed E-state index contributed by atoms with van der Waals surface area (Å²) in [4.78, 5) is 6.84. The van der Waals surface area contributed by atoms with Gasteiger partial charge in [-0.1, -0.05) is 5.16 Å². The van der Waals surface area contributed by atoms with Crippen LogP contribution in [0.5, 0.6) is 0 Å². The number of hydrogen-bond donors (Lipinski definition) is 1. The molecule has 1 aromatic rings. The quantitative estimate of drug-likeness (QED) is 0.873. The SMILES string of the molecule is CN1CCSCC1c1noc(CCOC2CCNCC2)n1. The first-order chi connectivity index (χ1) is 10.3. The number of piperidine rings is 1. The zero-order chi connectivity index (χ0) is 14.5. The summed E-state index contributed by atoms with van der Waals surface area (Å²) < 4.78 is 11.2. The molecular weight excluding hydrogens is 288 g/mol. The lowest BCUT2D eigenvalue weighted by molar-refractivity contribution is 0.0322. The number of nitrogens with zero attached hydrogens (tertiary/aromatic N) is 3. The maximum Gasteiger partial charge on any atom is 0.229 e. The van der Waals surface area contributed by atoms with Gasteiger partial charge in [-0.3, -0.25) is 4.90 Å². The van der Waals surface area contributed by atoms with Gasteiger partial charge in [0.25, 0.3) is 0 Å². The summed E-state index contributed by atoms with van der Waals surface area (Å²) in [7, 11) is 2.13. The van der Waals surface area contributed by atoms with Crippen LogP contribution >= 0.6 is 11.8 Å². The van der Waals surface area contributed by atoms with Crippen LogP contribution in [-0.2, 0) is 11.2 Å². The predicted octanol–water partition coefficient (Wildman–Crippen LogP) is 1.10. The Bertz CT molecular complexity index is 436. The minimum Gasteiger partial charge on any atom is -0.378 e. The van der Waals surface area contributed by atoms with Crippen molar-refractivity contribution in [2.75, 3.05) is 44.8 Å². The molecule has 3 rings (SSSR count). The Kier molecular flexibility index (Phi) is 5.51. The van der Waals surface area contributed by atoms with E-state index in [1.165, 1.54) is 5.75 Å². The minimum atomic E-state index is 0.284. The topological polar surface area (TPSA) is 63.4 Å². The van der Waals surface area contributed by atoms with Crippen molar-refractivity contribution < 1.29 is 9.26 Å². The lowest BCUT2D eigenvalue weighted by Gasteiger charge is -2.29. The molecule has 7 heteroatoms. The third-order valence-corrected chi connectivity index (χ3v) is 5.16. The van der Waals surface area contributed by atoms with Gasteiger partial charge in [0.05, 0.1) is 25.2 Å². The van der Waals surface area contributed by atoms with Crippen LogP contribution in [0, 0.1) is 0 Å². The van der Waals surface area contributed by atoms with Crippen LogP contribution in [0.2, 0.25) is 0 Å². The summed E-state index contributed by atoms with van der Waals surface area (Å²) in [5, 5.41) is 7.49. The van der Waals surface area contributed by atoms with Crippen molar-refractivity contribution in [3.63, 3.8) is 0 Å². The number of rotatable bonds is 5. The van der Waals surface area contributed by atoms with Crippen LogP contribution in [0.3, 0.4) is 0 Å². The van der Waals surface area contributed by atoms with Crippen molar-refractivity contribution in [3.8, 4) is 0 Å². The van der Waals surface area contributed by atoms with E-state index in [1.54, 1.807) is 0 Å². The van der Waals surface area contributed by atoms with E-state index in [9.17, 15) is 0 Å². The Balaban J connectivity index is 1.46. The van der Waals surface area contributed by atoms with Crippen LogP contribution in [-0.4, -0.2) is 65.9 Å². The maximum absolute atomic E-state index is 5.88. The minimum absolute atomic E-state index is 0.284. The van der Waals surface area contributed by atoms with E-state index in [0.717, 1.165) is 44.1 Å². The van der Waals surface area contributed by atoms with Gasteiger partial charge >= 0.3 is 0 Å². The first-order valence-electron chi connectivity index (χ1n) is 7.75. The molecule has 0 saturated carbocycles. The summed E-state index contributed by atoms with van der Waals surface area (Å²) >= 11 is 1.95. The van der Waals surface area contributed by atoms with E-state index >= 15 is 0 Å². The smallest absolute Gasteiger partial charge is 0.229 e. The van der Waals surface area contributed by atoms with E-state index in [2.05, 4.69) is 27.4 Å². The number of hydrogen-bond acceptors (Lipinski definition) is 7. The highest BCUT2D eigenvalue weighted by Crippen LogP contribution is 2.26. The largest absolute Gasteiger partial charge is 0.378 e. The van der Waals surface area contributed by atoms with E-state index < -0.39 is 0 Å². The summed E-state index contributed by atoms with van der Waals surface area (Å²) in [5.41, 5.74) is 0. The van der Waals surface area contributed by atoms with Crippen LogP contribution in [0.25, 0.3) is 0 Å². The van der Waals surface area contributed by atoms with Crippen LogP contribution < -0.4 is 5.32 Å². The fourth-order valence-electron chi connectivity index (χ4n) is 2.74. The van der Waals surface area contributed by atoms with Gasteiger partial charge in [0, 0.05) is 18.1 Å². The van der Waals surface area contributed by atoms with E-state index in [-0.39, 0.29) is 6.04 Å².